The van der Waals surface area contributed by atoms with Crippen LogP contribution in [0.5, 0.6) is 0 Å². The lowest BCUT2D eigenvalue weighted by Gasteiger charge is -2.14. The van der Waals surface area contributed by atoms with E-state index >= 15 is 0 Å². The molecule has 9 nitrogen and oxygen atoms in total. The molecule has 2 aromatic rings. The van der Waals surface area contributed by atoms with Crippen LogP contribution in [0.1, 0.15) is 31.7 Å². The summed E-state index contributed by atoms with van der Waals surface area (Å²) in [6.45, 7) is 7.12. The van der Waals surface area contributed by atoms with Crippen molar-refractivity contribution in [2.75, 3.05) is 30.9 Å². The number of methoxy groups -OCH3 is 1. The van der Waals surface area contributed by atoms with Crippen molar-refractivity contribution >= 4 is 29.5 Å². The lowest BCUT2D eigenvalue weighted by atomic mass is 10.1. The molecule has 1 aliphatic carbocycles. The minimum atomic E-state index is -0.127. The number of ether oxygens (including phenoxy) is 1. The van der Waals surface area contributed by atoms with E-state index in [0.29, 0.717) is 60.3 Å². The highest BCUT2D eigenvalue weighted by molar-refractivity contribution is 6.02. The Balaban J connectivity index is 1.70. The fourth-order valence-electron chi connectivity index (χ4n) is 3.26. The molecule has 9 heteroatoms. The van der Waals surface area contributed by atoms with E-state index in [0.717, 1.165) is 5.56 Å². The van der Waals surface area contributed by atoms with E-state index in [1.165, 1.54) is 12.8 Å². The number of hydrogen-bond acceptors (Lipinski definition) is 7. The summed E-state index contributed by atoms with van der Waals surface area (Å²) >= 11 is 0. The van der Waals surface area contributed by atoms with Gasteiger partial charge >= 0.3 is 0 Å². The molecule has 2 fully saturated rings. The zero-order valence-electron chi connectivity index (χ0n) is 16.2. The monoisotopic (exact) mass is 383 g/mol. The van der Waals surface area contributed by atoms with Crippen LogP contribution in [0.3, 0.4) is 0 Å². The Labute approximate surface area is 163 Å². The van der Waals surface area contributed by atoms with E-state index in [4.69, 9.17) is 4.74 Å². The maximum absolute atomic E-state index is 12.0. The first-order valence-corrected chi connectivity index (χ1v) is 9.50. The number of hydrogen-bond donors (Lipinski definition) is 3. The summed E-state index contributed by atoms with van der Waals surface area (Å²) in [5.74, 6) is 1.67. The normalized spacial score (nSPS) is 19.3. The molecule has 1 atom stereocenters. The minimum Gasteiger partial charge on any atom is -0.383 e. The van der Waals surface area contributed by atoms with Crippen molar-refractivity contribution in [2.45, 2.75) is 32.2 Å². The SMILES string of the molecule is C=C1C/C(=C\c2cnn3c(NCCOC)nc(N[C@H](C)C4CC4)nc23)C(=O)N1. The smallest absolute Gasteiger partial charge is 0.251 e. The fraction of sp³-hybridized carbons (Fsp3) is 0.474. The third kappa shape index (κ3) is 3.84. The molecule has 0 spiro atoms. The van der Waals surface area contributed by atoms with Crippen molar-refractivity contribution < 1.29 is 9.53 Å². The van der Waals surface area contributed by atoms with Crippen LogP contribution in [0, 0.1) is 5.92 Å². The molecule has 4 rings (SSSR count). The van der Waals surface area contributed by atoms with E-state index in [2.05, 4.69) is 44.5 Å². The Morgan fingerprint density at radius 3 is 2.96 bits per heavy atom. The zero-order valence-corrected chi connectivity index (χ0v) is 16.2. The molecule has 0 aromatic carbocycles. The molecule has 0 bridgehead atoms. The molecule has 28 heavy (non-hydrogen) atoms. The quantitative estimate of drug-likeness (QED) is 0.471. The summed E-state index contributed by atoms with van der Waals surface area (Å²) in [6, 6.07) is 0.308. The first-order valence-electron chi connectivity index (χ1n) is 9.50. The lowest BCUT2D eigenvalue weighted by molar-refractivity contribution is -0.115. The largest absolute Gasteiger partial charge is 0.383 e. The van der Waals surface area contributed by atoms with Crippen LogP contribution in [0.4, 0.5) is 11.9 Å². The van der Waals surface area contributed by atoms with Gasteiger partial charge < -0.3 is 20.7 Å². The molecule has 2 aliphatic rings. The van der Waals surface area contributed by atoms with E-state index in [1.807, 2.05) is 6.08 Å². The molecule has 2 aromatic heterocycles. The summed E-state index contributed by atoms with van der Waals surface area (Å²) in [6.07, 6.45) is 6.48. The van der Waals surface area contributed by atoms with Gasteiger partial charge in [0, 0.05) is 43.0 Å². The molecule has 3 N–H and O–H groups in total. The van der Waals surface area contributed by atoms with Crippen molar-refractivity contribution in [1.29, 1.82) is 0 Å². The molecular formula is C19H25N7O2. The highest BCUT2D eigenvalue weighted by Gasteiger charge is 2.28. The second kappa shape index (κ2) is 7.59. The number of fused-ring (bicyclic) bond motifs is 1. The van der Waals surface area contributed by atoms with Crippen molar-refractivity contribution in [3.05, 3.63) is 29.6 Å². The third-order valence-electron chi connectivity index (χ3n) is 4.99. The molecule has 1 aliphatic heterocycles. The highest BCUT2D eigenvalue weighted by Crippen LogP contribution is 2.33. The van der Waals surface area contributed by atoms with Crippen LogP contribution in [0.2, 0.25) is 0 Å². The van der Waals surface area contributed by atoms with Crippen molar-refractivity contribution in [3.8, 4) is 0 Å². The van der Waals surface area contributed by atoms with Crippen LogP contribution in [-0.4, -0.2) is 51.8 Å². The van der Waals surface area contributed by atoms with Gasteiger partial charge in [-0.25, -0.2) is 0 Å². The molecule has 0 unspecified atom stereocenters. The molecule has 1 saturated carbocycles. The standard InChI is InChI=1S/C19H25N7O2/c1-11-8-14(17(27)22-11)9-15-10-21-26-16(15)24-18(23-12(2)13-4-5-13)25-19(26)20-6-7-28-3/h9-10,12-13H,1,4-8H2,2-3H3,(H,22,27)(H2,20,23,24,25)/b14-9+/t12-/m1/s1. The molecular weight excluding hydrogens is 358 g/mol. The molecule has 1 saturated heterocycles. The summed E-state index contributed by atoms with van der Waals surface area (Å²) in [5, 5.41) is 13.8. The van der Waals surface area contributed by atoms with Crippen LogP contribution >= 0.6 is 0 Å². The fourth-order valence-corrected chi connectivity index (χ4v) is 3.26. The van der Waals surface area contributed by atoms with Crippen LogP contribution in [0.15, 0.2) is 24.0 Å². The predicted octanol–water partition coefficient (Wildman–Crippen LogP) is 1.81. The second-order valence-corrected chi connectivity index (χ2v) is 7.30. The Kier molecular flexibility index (Phi) is 4.99. The molecule has 3 heterocycles. The molecule has 1 amide bonds. The van der Waals surface area contributed by atoms with Crippen LogP contribution < -0.4 is 16.0 Å². The number of aromatic nitrogens is 4. The van der Waals surface area contributed by atoms with Gasteiger partial charge in [-0.05, 0) is 31.8 Å². The number of nitrogens with one attached hydrogen (secondary N) is 3. The Morgan fingerprint density at radius 1 is 1.46 bits per heavy atom. The second-order valence-electron chi connectivity index (χ2n) is 7.30. The first kappa shape index (κ1) is 18.4. The highest BCUT2D eigenvalue weighted by atomic mass is 16.5. The summed E-state index contributed by atoms with van der Waals surface area (Å²) < 4.78 is 6.76. The number of allylic oxidation sites excluding steroid dienone is 1. The Hall–Kier alpha value is -2.94. The molecule has 148 valence electrons. The van der Waals surface area contributed by atoms with Crippen LogP contribution in [-0.2, 0) is 9.53 Å². The Morgan fingerprint density at radius 2 is 2.29 bits per heavy atom. The summed E-state index contributed by atoms with van der Waals surface area (Å²) in [4.78, 5) is 21.3. The van der Waals surface area contributed by atoms with Crippen molar-refractivity contribution in [1.82, 2.24) is 24.9 Å². The maximum atomic E-state index is 12.0. The maximum Gasteiger partial charge on any atom is 0.251 e. The average molecular weight is 383 g/mol. The van der Waals surface area contributed by atoms with E-state index in [1.54, 1.807) is 17.8 Å². The van der Waals surface area contributed by atoms with E-state index in [9.17, 15) is 4.79 Å². The number of amides is 1. The number of nitrogens with zero attached hydrogens (tertiary/aromatic N) is 4. The van der Waals surface area contributed by atoms with E-state index in [-0.39, 0.29) is 5.91 Å². The first-order chi connectivity index (χ1) is 13.5. The van der Waals surface area contributed by atoms with Gasteiger partial charge in [-0.15, -0.1) is 0 Å². The van der Waals surface area contributed by atoms with Gasteiger partial charge in [-0.2, -0.15) is 19.6 Å². The minimum absolute atomic E-state index is 0.127. The van der Waals surface area contributed by atoms with Gasteiger partial charge in [0.15, 0.2) is 5.65 Å². The van der Waals surface area contributed by atoms with Gasteiger partial charge in [0.05, 0.1) is 12.8 Å². The predicted molar refractivity (Wildman–Crippen MR) is 107 cm³/mol. The van der Waals surface area contributed by atoms with Gasteiger partial charge in [-0.1, -0.05) is 6.58 Å². The molecule has 0 radical (unpaired) electrons. The van der Waals surface area contributed by atoms with Gasteiger partial charge in [0.25, 0.3) is 5.91 Å². The van der Waals surface area contributed by atoms with E-state index < -0.39 is 0 Å². The summed E-state index contributed by atoms with van der Waals surface area (Å²) in [7, 11) is 1.65. The topological polar surface area (TPSA) is 105 Å². The Bertz CT molecular complexity index is 945. The lowest BCUT2D eigenvalue weighted by Crippen LogP contribution is -2.21. The summed E-state index contributed by atoms with van der Waals surface area (Å²) in [5.41, 5.74) is 2.75. The van der Waals surface area contributed by atoms with Gasteiger partial charge in [0.2, 0.25) is 11.9 Å². The third-order valence-corrected chi connectivity index (χ3v) is 4.99. The number of rotatable bonds is 8. The van der Waals surface area contributed by atoms with Gasteiger partial charge in [-0.3, -0.25) is 4.79 Å². The van der Waals surface area contributed by atoms with Gasteiger partial charge in [0.1, 0.15) is 0 Å². The zero-order chi connectivity index (χ0) is 19.7. The van der Waals surface area contributed by atoms with Crippen molar-refractivity contribution in [3.63, 3.8) is 0 Å². The number of carbonyl (C=O) groups is 1. The van der Waals surface area contributed by atoms with Crippen LogP contribution in [0.25, 0.3) is 11.7 Å². The average Bonchev–Trinajstić information content (AvgIpc) is 3.37. The van der Waals surface area contributed by atoms with Crippen molar-refractivity contribution in [2.24, 2.45) is 5.92 Å². The number of anilines is 2. The number of carbonyl (C=O) groups excluding carboxylic acids is 1.